The van der Waals surface area contributed by atoms with Crippen molar-refractivity contribution in [2.75, 3.05) is 6.54 Å². The second-order valence-electron chi connectivity index (χ2n) is 4.72. The molecule has 1 aromatic rings. The summed E-state index contributed by atoms with van der Waals surface area (Å²) in [5.41, 5.74) is 0. The average Bonchev–Trinajstić information content (AvgIpc) is 2.82. The molecule has 1 amide bonds. The van der Waals surface area contributed by atoms with Crippen LogP contribution in [0.3, 0.4) is 0 Å². The Morgan fingerprint density at radius 2 is 2.11 bits per heavy atom. The summed E-state index contributed by atoms with van der Waals surface area (Å²) in [5.74, 6) is 0.369. The summed E-state index contributed by atoms with van der Waals surface area (Å²) in [6.45, 7) is 3.19. The van der Waals surface area contributed by atoms with Gasteiger partial charge in [0.15, 0.2) is 0 Å². The Labute approximate surface area is 116 Å². The zero-order valence-corrected chi connectivity index (χ0v) is 12.7. The fourth-order valence-electron chi connectivity index (χ4n) is 2.29. The van der Waals surface area contributed by atoms with Crippen LogP contribution in [-0.4, -0.2) is 37.2 Å². The molecule has 0 aromatic heterocycles. The van der Waals surface area contributed by atoms with Crippen molar-refractivity contribution in [3.8, 4) is 0 Å². The van der Waals surface area contributed by atoms with E-state index >= 15 is 0 Å². The maximum atomic E-state index is 11.9. The topological polar surface area (TPSA) is 20.3 Å². The quantitative estimate of drug-likeness (QED) is 0.737. The third-order valence-electron chi connectivity index (χ3n) is 3.28. The third-order valence-corrected chi connectivity index (χ3v) is 6.02. The van der Waals surface area contributed by atoms with Gasteiger partial charge in [-0.3, -0.25) is 0 Å². The van der Waals surface area contributed by atoms with Crippen molar-refractivity contribution in [2.24, 2.45) is 0 Å². The van der Waals surface area contributed by atoms with Crippen LogP contribution in [0.25, 0.3) is 0 Å². The van der Waals surface area contributed by atoms with Crippen LogP contribution < -0.4 is 4.46 Å². The number of carbonyl (C=O) groups excluding carboxylic acids is 1. The molecule has 98 valence electrons. The van der Waals surface area contributed by atoms with E-state index in [0.29, 0.717) is 25.8 Å². The summed E-state index contributed by atoms with van der Waals surface area (Å²) in [6, 6.07) is 10.6. The molecule has 1 unspecified atom stereocenters. The van der Waals surface area contributed by atoms with E-state index in [9.17, 15) is 4.79 Å². The summed E-state index contributed by atoms with van der Waals surface area (Å²) in [5, 5.41) is 0. The third kappa shape index (κ3) is 3.60. The van der Waals surface area contributed by atoms with Gasteiger partial charge in [-0.15, -0.1) is 0 Å². The Morgan fingerprint density at radius 1 is 1.33 bits per heavy atom. The molecule has 1 heterocycles. The number of hydrogen-bond acceptors (Lipinski definition) is 1. The first-order valence-corrected chi connectivity index (χ1v) is 8.67. The monoisotopic (exact) mass is 311 g/mol. The maximum absolute atomic E-state index is 11.9. The molecule has 1 fully saturated rings. The van der Waals surface area contributed by atoms with E-state index in [4.69, 9.17) is 0 Å². The molecular formula is C15H21NOSe. The molecule has 1 aromatic carbocycles. The van der Waals surface area contributed by atoms with Crippen molar-refractivity contribution in [1.82, 2.24) is 4.90 Å². The molecule has 1 saturated heterocycles. The minimum absolute atomic E-state index is 0.369. The summed E-state index contributed by atoms with van der Waals surface area (Å²) in [6.07, 6.45) is 5.41. The second kappa shape index (κ2) is 6.96. The molecule has 2 rings (SSSR count). The molecule has 1 aliphatic heterocycles. The zero-order valence-electron chi connectivity index (χ0n) is 11.0. The molecule has 18 heavy (non-hydrogen) atoms. The van der Waals surface area contributed by atoms with Gasteiger partial charge in [-0.25, -0.2) is 0 Å². The zero-order chi connectivity index (χ0) is 12.8. The van der Waals surface area contributed by atoms with Crippen LogP contribution in [0, 0.1) is 0 Å². The number of rotatable bonds is 6. The Balaban J connectivity index is 2.02. The summed E-state index contributed by atoms with van der Waals surface area (Å²) in [7, 11) is 0. The number of unbranched alkanes of at least 4 members (excludes halogenated alkanes) is 1. The number of nitrogens with zero attached hydrogens (tertiary/aromatic N) is 1. The molecule has 1 atom stereocenters. The second-order valence-corrected chi connectivity index (χ2v) is 7.34. The van der Waals surface area contributed by atoms with Gasteiger partial charge >= 0.3 is 116 Å². The molecule has 2 nitrogen and oxygen atoms in total. The van der Waals surface area contributed by atoms with Crippen molar-refractivity contribution in [3.63, 3.8) is 0 Å². The summed E-state index contributed by atoms with van der Waals surface area (Å²) >= 11 is 0.385. The molecular weight excluding hydrogens is 289 g/mol. The number of benzene rings is 1. The van der Waals surface area contributed by atoms with Gasteiger partial charge in [0, 0.05) is 0 Å². The van der Waals surface area contributed by atoms with E-state index in [1.165, 1.54) is 17.3 Å². The average molecular weight is 310 g/mol. The van der Waals surface area contributed by atoms with Crippen molar-refractivity contribution in [3.05, 3.63) is 30.3 Å². The van der Waals surface area contributed by atoms with Crippen LogP contribution in [0.4, 0.5) is 0 Å². The van der Waals surface area contributed by atoms with E-state index in [1.54, 1.807) is 0 Å². The first kappa shape index (κ1) is 13.6. The van der Waals surface area contributed by atoms with Crippen LogP contribution in [0.15, 0.2) is 30.3 Å². The van der Waals surface area contributed by atoms with Gasteiger partial charge in [-0.05, 0) is 0 Å². The van der Waals surface area contributed by atoms with Gasteiger partial charge in [0.1, 0.15) is 0 Å². The predicted molar refractivity (Wildman–Crippen MR) is 76.1 cm³/mol. The van der Waals surface area contributed by atoms with E-state index in [-0.39, 0.29) is 0 Å². The fraction of sp³-hybridized carbons (Fsp3) is 0.533. The van der Waals surface area contributed by atoms with Crippen molar-refractivity contribution < 1.29 is 4.79 Å². The molecule has 0 N–H and O–H groups in total. The Morgan fingerprint density at radius 3 is 2.72 bits per heavy atom. The van der Waals surface area contributed by atoms with Crippen LogP contribution in [-0.2, 0) is 4.79 Å². The number of carbonyl (C=O) groups is 1. The van der Waals surface area contributed by atoms with Gasteiger partial charge < -0.3 is 0 Å². The molecule has 0 radical (unpaired) electrons. The van der Waals surface area contributed by atoms with Crippen molar-refractivity contribution in [1.29, 1.82) is 0 Å². The fourth-order valence-corrected chi connectivity index (χ4v) is 4.94. The first-order valence-electron chi connectivity index (χ1n) is 6.82. The molecule has 1 aliphatic rings. The molecule has 0 bridgehead atoms. The van der Waals surface area contributed by atoms with E-state index < -0.39 is 0 Å². The predicted octanol–water partition coefficient (Wildman–Crippen LogP) is 2.15. The molecule has 0 aliphatic carbocycles. The molecule has 3 heteroatoms. The normalized spacial score (nSPS) is 17.2. The van der Waals surface area contributed by atoms with Gasteiger partial charge in [0.05, 0.1) is 0 Å². The van der Waals surface area contributed by atoms with Crippen LogP contribution >= 0.6 is 0 Å². The Bertz CT molecular complexity index is 379. The first-order chi connectivity index (χ1) is 8.81. The number of amides is 1. The summed E-state index contributed by atoms with van der Waals surface area (Å²) < 4.78 is 1.41. The standard InChI is InChI=1S/C15H21NOSe/c1-2-3-11-15(16-12-7-10-14(16)17)18-13-8-5-4-6-9-13/h4-6,8-9,15H,2-3,7,10-12H2,1H3. The van der Waals surface area contributed by atoms with Crippen molar-refractivity contribution in [2.45, 2.75) is 44.0 Å². The SMILES string of the molecule is CCCCC([Se]c1ccccc1)N1CCCC1=O. The van der Waals surface area contributed by atoms with Gasteiger partial charge in [-0.2, -0.15) is 0 Å². The molecule has 0 saturated carbocycles. The van der Waals surface area contributed by atoms with E-state index in [2.05, 4.69) is 42.2 Å². The van der Waals surface area contributed by atoms with E-state index in [1.807, 2.05) is 0 Å². The van der Waals surface area contributed by atoms with Crippen LogP contribution in [0.2, 0.25) is 0 Å². The Hall–Kier alpha value is -0.791. The van der Waals surface area contributed by atoms with Gasteiger partial charge in [-0.1, -0.05) is 0 Å². The molecule has 0 spiro atoms. The van der Waals surface area contributed by atoms with Crippen molar-refractivity contribution >= 4 is 25.3 Å². The van der Waals surface area contributed by atoms with Gasteiger partial charge in [0.2, 0.25) is 0 Å². The van der Waals surface area contributed by atoms with Gasteiger partial charge in [0.25, 0.3) is 0 Å². The number of likely N-dealkylation sites (tertiary alicyclic amines) is 1. The van der Waals surface area contributed by atoms with Crippen LogP contribution in [0.5, 0.6) is 0 Å². The van der Waals surface area contributed by atoms with E-state index in [0.717, 1.165) is 25.8 Å². The summed E-state index contributed by atoms with van der Waals surface area (Å²) in [4.78, 5) is 14.5. The number of hydrogen-bond donors (Lipinski definition) is 0. The van der Waals surface area contributed by atoms with Crippen LogP contribution in [0.1, 0.15) is 39.0 Å². The minimum atomic E-state index is 0.369. The Kier molecular flexibility index (Phi) is 5.27.